The van der Waals surface area contributed by atoms with Crippen LogP contribution >= 0.6 is 0 Å². The third-order valence-electron chi connectivity index (χ3n) is 4.02. The molecule has 1 atom stereocenters. The Hall–Kier alpha value is -3.28. The van der Waals surface area contributed by atoms with Crippen LogP contribution < -0.4 is 5.32 Å². The molecule has 0 bridgehead atoms. The van der Waals surface area contributed by atoms with Crippen LogP contribution in [0.15, 0.2) is 24.3 Å². The molecule has 0 fully saturated rings. The van der Waals surface area contributed by atoms with E-state index in [4.69, 9.17) is 0 Å². The van der Waals surface area contributed by atoms with Gasteiger partial charge in [-0.1, -0.05) is 29.8 Å². The van der Waals surface area contributed by atoms with Gasteiger partial charge in [0.15, 0.2) is 0 Å². The number of halogens is 3. The van der Waals surface area contributed by atoms with Crippen LogP contribution in [0, 0.1) is 13.8 Å². The van der Waals surface area contributed by atoms with Crippen LogP contribution in [-0.4, -0.2) is 53.6 Å². The lowest BCUT2D eigenvalue weighted by Gasteiger charge is -2.15. The lowest BCUT2D eigenvalue weighted by molar-refractivity contribution is -0.144. The molecule has 0 aliphatic rings. The van der Waals surface area contributed by atoms with Crippen molar-refractivity contribution in [2.45, 2.75) is 32.5 Å². The number of amides is 1. The highest BCUT2D eigenvalue weighted by Crippen LogP contribution is 2.26. The van der Waals surface area contributed by atoms with Gasteiger partial charge in [-0.25, -0.2) is 4.98 Å². The monoisotopic (exact) mass is 409 g/mol. The number of carbonyl (C=O) groups is 1. The summed E-state index contributed by atoms with van der Waals surface area (Å²) in [4.78, 5) is 19.7. The van der Waals surface area contributed by atoms with Gasteiger partial charge in [0.2, 0.25) is 11.6 Å². The molecule has 0 saturated carbocycles. The number of hydrogen-bond acceptors (Lipinski definition) is 6. The van der Waals surface area contributed by atoms with Crippen molar-refractivity contribution >= 4 is 5.91 Å². The van der Waals surface area contributed by atoms with Crippen molar-refractivity contribution in [2.24, 2.45) is 0 Å². The number of H-pyrrole nitrogens is 1. The number of alkyl halides is 3. The summed E-state index contributed by atoms with van der Waals surface area (Å²) in [5.41, 5.74) is 1.98. The second kappa shape index (κ2) is 7.99. The number of aromatic nitrogens is 6. The van der Waals surface area contributed by atoms with Gasteiger partial charge >= 0.3 is 6.18 Å². The van der Waals surface area contributed by atoms with Crippen molar-refractivity contribution in [3.05, 3.63) is 52.9 Å². The van der Waals surface area contributed by atoms with Crippen molar-refractivity contribution in [2.75, 3.05) is 6.61 Å². The van der Waals surface area contributed by atoms with E-state index in [1.165, 1.54) is 6.92 Å². The summed E-state index contributed by atoms with van der Waals surface area (Å²) < 4.78 is 38.9. The normalized spacial score (nSPS) is 12.8. The predicted molar refractivity (Wildman–Crippen MR) is 94.3 cm³/mol. The third-order valence-corrected chi connectivity index (χ3v) is 4.02. The summed E-state index contributed by atoms with van der Waals surface area (Å²) in [6.45, 7) is 3.07. The molecule has 3 N–H and O–H groups in total. The number of aliphatic hydroxyl groups excluding tert-OH is 1. The Labute approximate surface area is 163 Å². The van der Waals surface area contributed by atoms with Crippen molar-refractivity contribution in [1.29, 1.82) is 0 Å². The molecule has 0 spiro atoms. The van der Waals surface area contributed by atoms with E-state index in [2.05, 4.69) is 25.5 Å². The molecule has 1 aromatic carbocycles. The zero-order valence-corrected chi connectivity index (χ0v) is 15.5. The van der Waals surface area contributed by atoms with Crippen LogP contribution in [0.5, 0.6) is 0 Å². The van der Waals surface area contributed by atoms with Crippen LogP contribution in [-0.2, 0) is 12.6 Å². The van der Waals surface area contributed by atoms with Gasteiger partial charge in [-0.3, -0.25) is 9.89 Å². The Morgan fingerprint density at radius 2 is 2.07 bits per heavy atom. The first-order valence-electron chi connectivity index (χ1n) is 8.58. The summed E-state index contributed by atoms with van der Waals surface area (Å²) in [6.07, 6.45) is -4.30. The molecule has 3 rings (SSSR count). The van der Waals surface area contributed by atoms with E-state index in [-0.39, 0.29) is 24.2 Å². The Morgan fingerprint density at radius 3 is 2.69 bits per heavy atom. The number of benzene rings is 1. The third kappa shape index (κ3) is 4.77. The van der Waals surface area contributed by atoms with Gasteiger partial charge in [-0.2, -0.15) is 22.8 Å². The van der Waals surface area contributed by atoms with Gasteiger partial charge in [0, 0.05) is 0 Å². The van der Waals surface area contributed by atoms with E-state index in [1.54, 1.807) is 5.10 Å². The molecule has 0 radical (unpaired) electrons. The van der Waals surface area contributed by atoms with E-state index < -0.39 is 23.9 Å². The second-order valence-electron chi connectivity index (χ2n) is 6.42. The fourth-order valence-corrected chi connectivity index (χ4v) is 2.68. The molecule has 0 saturated heterocycles. The standard InChI is InChI=1S/C17H18F3N7O2/c1-9-4-3-5-11(6-9)7-12(8-28)22-14(29)13-21-10(2)27(26-13)16-23-15(24-25-16)17(18,19)20/h3-6,12,28H,7-8H2,1-2H3,(H,22,29)(H,23,24,25). The maximum absolute atomic E-state index is 12.7. The molecule has 9 nitrogen and oxygen atoms in total. The van der Waals surface area contributed by atoms with Crippen LogP contribution in [0.2, 0.25) is 0 Å². The van der Waals surface area contributed by atoms with Crippen LogP contribution in [0.3, 0.4) is 0 Å². The van der Waals surface area contributed by atoms with Gasteiger partial charge in [0.05, 0.1) is 12.6 Å². The molecule has 2 aromatic heterocycles. The molecule has 1 unspecified atom stereocenters. The summed E-state index contributed by atoms with van der Waals surface area (Å²) in [5, 5.41) is 21.3. The molecule has 29 heavy (non-hydrogen) atoms. The summed E-state index contributed by atoms with van der Waals surface area (Å²) in [7, 11) is 0. The Balaban J connectivity index is 1.74. The first-order valence-corrected chi connectivity index (χ1v) is 8.58. The first kappa shape index (κ1) is 20.5. The molecular formula is C17H18F3N7O2. The van der Waals surface area contributed by atoms with Crippen LogP contribution in [0.4, 0.5) is 13.2 Å². The van der Waals surface area contributed by atoms with Gasteiger partial charge in [0.25, 0.3) is 11.9 Å². The average Bonchev–Trinajstić information content (AvgIpc) is 3.27. The number of nitrogens with one attached hydrogen (secondary N) is 2. The molecule has 0 aliphatic carbocycles. The number of carbonyl (C=O) groups excluding carboxylic acids is 1. The number of aliphatic hydroxyl groups is 1. The maximum Gasteiger partial charge on any atom is 0.451 e. The molecule has 12 heteroatoms. The maximum atomic E-state index is 12.7. The van der Waals surface area contributed by atoms with E-state index in [0.29, 0.717) is 6.42 Å². The Kier molecular flexibility index (Phi) is 5.64. The van der Waals surface area contributed by atoms with E-state index in [0.717, 1.165) is 15.8 Å². The average molecular weight is 409 g/mol. The van der Waals surface area contributed by atoms with Gasteiger partial charge in [-0.15, -0.1) is 10.2 Å². The fraction of sp³-hybridized carbons (Fsp3) is 0.353. The topological polar surface area (TPSA) is 122 Å². The number of aromatic amines is 1. The quantitative estimate of drug-likeness (QED) is 0.565. The molecule has 3 aromatic rings. The molecule has 2 heterocycles. The van der Waals surface area contributed by atoms with Crippen LogP contribution in [0.1, 0.15) is 33.4 Å². The van der Waals surface area contributed by atoms with Crippen molar-refractivity contribution in [3.63, 3.8) is 0 Å². The second-order valence-corrected chi connectivity index (χ2v) is 6.42. The van der Waals surface area contributed by atoms with E-state index in [1.807, 2.05) is 31.2 Å². The minimum absolute atomic E-state index is 0.127. The Bertz CT molecular complexity index is 1010. The lowest BCUT2D eigenvalue weighted by atomic mass is 10.0. The van der Waals surface area contributed by atoms with Gasteiger partial charge in [-0.05, 0) is 25.8 Å². The number of nitrogens with zero attached hydrogens (tertiary/aromatic N) is 5. The highest BCUT2D eigenvalue weighted by molar-refractivity contribution is 5.90. The molecule has 1 amide bonds. The van der Waals surface area contributed by atoms with E-state index in [9.17, 15) is 23.1 Å². The highest BCUT2D eigenvalue weighted by Gasteiger charge is 2.35. The van der Waals surface area contributed by atoms with Crippen LogP contribution in [0.25, 0.3) is 5.95 Å². The smallest absolute Gasteiger partial charge is 0.394 e. The van der Waals surface area contributed by atoms with E-state index >= 15 is 0 Å². The lowest BCUT2D eigenvalue weighted by Crippen LogP contribution is -2.39. The minimum atomic E-state index is -4.69. The summed E-state index contributed by atoms with van der Waals surface area (Å²) >= 11 is 0. The van der Waals surface area contributed by atoms with Crippen molar-refractivity contribution < 1.29 is 23.1 Å². The molecule has 154 valence electrons. The molecular weight excluding hydrogens is 391 g/mol. The fourth-order valence-electron chi connectivity index (χ4n) is 2.68. The van der Waals surface area contributed by atoms with Gasteiger partial charge in [0.1, 0.15) is 5.82 Å². The SMILES string of the molecule is Cc1cccc(CC(CO)NC(=O)c2nc(C)n(-c3n[nH]c(C(F)(F)F)n3)n2)c1. The minimum Gasteiger partial charge on any atom is -0.394 e. The van der Waals surface area contributed by atoms with Crippen molar-refractivity contribution in [1.82, 2.24) is 35.3 Å². The van der Waals surface area contributed by atoms with Crippen molar-refractivity contribution in [3.8, 4) is 5.95 Å². The highest BCUT2D eigenvalue weighted by atomic mass is 19.4. The predicted octanol–water partition coefficient (Wildman–Crippen LogP) is 1.35. The molecule has 0 aliphatic heterocycles. The Morgan fingerprint density at radius 1 is 1.31 bits per heavy atom. The number of hydrogen-bond donors (Lipinski definition) is 3. The summed E-state index contributed by atoms with van der Waals surface area (Å²) in [6, 6.07) is 7.03. The largest absolute Gasteiger partial charge is 0.451 e. The zero-order chi connectivity index (χ0) is 21.2. The first-order chi connectivity index (χ1) is 13.7. The van der Waals surface area contributed by atoms with Gasteiger partial charge < -0.3 is 10.4 Å². The summed E-state index contributed by atoms with van der Waals surface area (Å²) in [5.74, 6) is -2.50. The zero-order valence-electron chi connectivity index (χ0n) is 15.5. The number of rotatable bonds is 6. The number of aryl methyl sites for hydroxylation is 2.